The van der Waals surface area contributed by atoms with Gasteiger partial charge in [-0.05, 0) is 37.1 Å². The highest BCUT2D eigenvalue weighted by atomic mass is 32.1. The summed E-state index contributed by atoms with van der Waals surface area (Å²) in [6, 6.07) is 6.32. The fourth-order valence-corrected chi connectivity index (χ4v) is 4.00. The maximum absolute atomic E-state index is 14.2. The van der Waals surface area contributed by atoms with Crippen LogP contribution < -0.4 is 5.32 Å². The molecule has 4 rings (SSSR count). The number of rotatable bonds is 6. The summed E-state index contributed by atoms with van der Waals surface area (Å²) in [6.45, 7) is 0.482. The average Bonchev–Trinajstić information content (AvgIpc) is 3.05. The minimum atomic E-state index is -1.25. The van der Waals surface area contributed by atoms with E-state index in [1.165, 1.54) is 6.07 Å². The van der Waals surface area contributed by atoms with Gasteiger partial charge in [0.15, 0.2) is 4.88 Å². The van der Waals surface area contributed by atoms with Crippen molar-refractivity contribution in [3.63, 3.8) is 0 Å². The number of carboxylic acid groups (broad SMARTS) is 1. The molecule has 0 spiro atoms. The molecule has 1 aliphatic carbocycles. The predicted molar refractivity (Wildman–Crippen MR) is 100.0 cm³/mol. The SMILES string of the molecule is O=C(O)c1sc(-c2ccc(NCC3(c4ncccc4F)CCC3)nn2)nc1O. The van der Waals surface area contributed by atoms with Gasteiger partial charge >= 0.3 is 5.97 Å². The fraction of sp³-hybridized carbons (Fsp3) is 0.278. The summed E-state index contributed by atoms with van der Waals surface area (Å²) in [7, 11) is 0. The summed E-state index contributed by atoms with van der Waals surface area (Å²) < 4.78 is 14.2. The zero-order valence-corrected chi connectivity index (χ0v) is 15.4. The molecule has 3 N–H and O–H groups in total. The number of aromatic nitrogens is 4. The van der Waals surface area contributed by atoms with Crippen molar-refractivity contribution in [2.75, 3.05) is 11.9 Å². The van der Waals surface area contributed by atoms with Crippen molar-refractivity contribution < 1.29 is 19.4 Å². The quantitative estimate of drug-likeness (QED) is 0.576. The highest BCUT2D eigenvalue weighted by Gasteiger charge is 2.41. The van der Waals surface area contributed by atoms with Gasteiger partial charge in [-0.3, -0.25) is 4.98 Å². The number of pyridine rings is 1. The Hall–Kier alpha value is -3.14. The summed E-state index contributed by atoms with van der Waals surface area (Å²) in [5.74, 6) is -1.59. The molecule has 0 bridgehead atoms. The number of thiazole rings is 1. The normalized spacial score (nSPS) is 15.0. The Kier molecular flexibility index (Phi) is 4.63. The third kappa shape index (κ3) is 3.26. The van der Waals surface area contributed by atoms with E-state index in [2.05, 4.69) is 25.5 Å². The van der Waals surface area contributed by atoms with E-state index in [-0.39, 0.29) is 21.1 Å². The van der Waals surface area contributed by atoms with Gasteiger partial charge in [0.2, 0.25) is 5.88 Å². The first kappa shape index (κ1) is 18.2. The monoisotopic (exact) mass is 401 g/mol. The molecule has 1 aliphatic rings. The molecule has 0 amide bonds. The van der Waals surface area contributed by atoms with Gasteiger partial charge in [-0.2, -0.15) is 4.98 Å². The summed E-state index contributed by atoms with van der Waals surface area (Å²) in [5, 5.41) is 30.1. The van der Waals surface area contributed by atoms with Gasteiger partial charge in [0.1, 0.15) is 22.3 Å². The van der Waals surface area contributed by atoms with Gasteiger partial charge in [-0.1, -0.05) is 6.42 Å². The lowest BCUT2D eigenvalue weighted by molar-refractivity contribution is 0.0699. The van der Waals surface area contributed by atoms with E-state index in [1.807, 2.05) is 0 Å². The van der Waals surface area contributed by atoms with Crippen LogP contribution >= 0.6 is 11.3 Å². The van der Waals surface area contributed by atoms with Gasteiger partial charge in [0, 0.05) is 18.2 Å². The van der Waals surface area contributed by atoms with Crippen molar-refractivity contribution in [1.82, 2.24) is 20.2 Å². The molecule has 3 aromatic rings. The molecule has 0 saturated heterocycles. The lowest BCUT2D eigenvalue weighted by Gasteiger charge is -2.41. The standard InChI is InChI=1S/C18H16FN5O3S/c19-10-3-1-8-20-14(10)18(6-2-7-18)9-21-12-5-4-11(23-24-12)16-22-15(25)13(28-16)17(26)27/h1,3-5,8,25H,2,6-7,9H2,(H,21,24)(H,26,27). The molecule has 8 nitrogen and oxygen atoms in total. The smallest absolute Gasteiger partial charge is 0.351 e. The van der Waals surface area contributed by atoms with E-state index in [1.54, 1.807) is 24.4 Å². The topological polar surface area (TPSA) is 121 Å². The van der Waals surface area contributed by atoms with Crippen LogP contribution in [0.4, 0.5) is 10.2 Å². The first-order valence-corrected chi connectivity index (χ1v) is 9.42. The maximum atomic E-state index is 14.2. The summed E-state index contributed by atoms with van der Waals surface area (Å²) in [5.41, 5.74) is 0.466. The van der Waals surface area contributed by atoms with E-state index >= 15 is 0 Å². The minimum Gasteiger partial charge on any atom is -0.492 e. The van der Waals surface area contributed by atoms with Gasteiger partial charge in [0.25, 0.3) is 0 Å². The third-order valence-electron chi connectivity index (χ3n) is 4.87. The van der Waals surface area contributed by atoms with Gasteiger partial charge in [-0.25, -0.2) is 9.18 Å². The zero-order valence-electron chi connectivity index (χ0n) is 14.6. The van der Waals surface area contributed by atoms with E-state index < -0.39 is 11.8 Å². The van der Waals surface area contributed by atoms with Gasteiger partial charge < -0.3 is 15.5 Å². The second kappa shape index (κ2) is 7.12. The molecule has 0 aromatic carbocycles. The van der Waals surface area contributed by atoms with Crippen molar-refractivity contribution in [3.05, 3.63) is 46.9 Å². The second-order valence-electron chi connectivity index (χ2n) is 6.60. The Bertz CT molecular complexity index is 1020. The van der Waals surface area contributed by atoms with Crippen LogP contribution in [0.2, 0.25) is 0 Å². The highest BCUT2D eigenvalue weighted by molar-refractivity contribution is 7.17. The van der Waals surface area contributed by atoms with Crippen molar-refractivity contribution in [2.24, 2.45) is 0 Å². The van der Waals surface area contributed by atoms with E-state index in [0.29, 0.717) is 23.8 Å². The van der Waals surface area contributed by atoms with Crippen LogP contribution in [0.5, 0.6) is 5.88 Å². The van der Waals surface area contributed by atoms with Crippen molar-refractivity contribution in [1.29, 1.82) is 0 Å². The molecule has 0 radical (unpaired) electrons. The Labute approximate surface area is 163 Å². The van der Waals surface area contributed by atoms with Gasteiger partial charge in [-0.15, -0.1) is 21.5 Å². The number of halogens is 1. The van der Waals surface area contributed by atoms with Crippen LogP contribution in [-0.2, 0) is 5.41 Å². The second-order valence-corrected chi connectivity index (χ2v) is 7.60. The number of anilines is 1. The molecule has 10 heteroatoms. The number of carbonyl (C=O) groups is 1. The molecule has 0 unspecified atom stereocenters. The molecule has 28 heavy (non-hydrogen) atoms. The highest BCUT2D eigenvalue weighted by Crippen LogP contribution is 2.43. The number of aromatic carboxylic acids is 1. The average molecular weight is 401 g/mol. The van der Waals surface area contributed by atoms with Crippen molar-refractivity contribution in [2.45, 2.75) is 24.7 Å². The predicted octanol–water partition coefficient (Wildman–Crippen LogP) is 3.07. The maximum Gasteiger partial charge on any atom is 0.351 e. The number of carboxylic acids is 1. The van der Waals surface area contributed by atoms with Crippen LogP contribution in [0, 0.1) is 5.82 Å². The molecule has 0 atom stereocenters. The van der Waals surface area contributed by atoms with E-state index in [9.17, 15) is 14.3 Å². The number of hydrogen-bond donors (Lipinski definition) is 3. The number of nitrogens with zero attached hydrogens (tertiary/aromatic N) is 4. The molecular formula is C18H16FN5O3S. The number of aromatic hydroxyl groups is 1. The van der Waals surface area contributed by atoms with E-state index in [0.717, 1.165) is 30.6 Å². The molecule has 0 aliphatic heterocycles. The number of nitrogens with one attached hydrogen (secondary N) is 1. The molecule has 1 fully saturated rings. The largest absolute Gasteiger partial charge is 0.492 e. The van der Waals surface area contributed by atoms with Crippen LogP contribution in [0.15, 0.2) is 30.5 Å². The van der Waals surface area contributed by atoms with E-state index in [4.69, 9.17) is 5.11 Å². The number of hydrogen-bond acceptors (Lipinski definition) is 8. The third-order valence-corrected chi connectivity index (χ3v) is 5.92. The Morgan fingerprint density at radius 1 is 1.29 bits per heavy atom. The van der Waals surface area contributed by atoms with Crippen LogP contribution in [0.1, 0.15) is 34.6 Å². The minimum absolute atomic E-state index is 0.247. The lowest BCUT2D eigenvalue weighted by Crippen LogP contribution is -2.42. The van der Waals surface area contributed by atoms with Crippen molar-refractivity contribution >= 4 is 23.1 Å². The molecule has 1 saturated carbocycles. The van der Waals surface area contributed by atoms with Crippen LogP contribution in [0.3, 0.4) is 0 Å². The zero-order chi connectivity index (χ0) is 19.7. The molecule has 3 heterocycles. The Morgan fingerprint density at radius 2 is 2.11 bits per heavy atom. The summed E-state index contributed by atoms with van der Waals surface area (Å²) >= 11 is 0.822. The van der Waals surface area contributed by atoms with Crippen LogP contribution in [-0.4, -0.2) is 42.9 Å². The molecule has 144 valence electrons. The molecular weight excluding hydrogens is 385 g/mol. The van der Waals surface area contributed by atoms with Crippen molar-refractivity contribution in [3.8, 4) is 16.6 Å². The summed E-state index contributed by atoms with van der Waals surface area (Å²) in [4.78, 5) is 18.8. The first-order chi connectivity index (χ1) is 13.5. The first-order valence-electron chi connectivity index (χ1n) is 8.61. The fourth-order valence-electron chi connectivity index (χ4n) is 3.24. The van der Waals surface area contributed by atoms with Gasteiger partial charge in [0.05, 0.1) is 5.69 Å². The Balaban J connectivity index is 1.48. The Morgan fingerprint density at radius 3 is 2.68 bits per heavy atom. The molecule has 3 aromatic heterocycles. The summed E-state index contributed by atoms with van der Waals surface area (Å²) in [6.07, 6.45) is 4.30. The van der Waals surface area contributed by atoms with Crippen LogP contribution in [0.25, 0.3) is 10.7 Å². The lowest BCUT2D eigenvalue weighted by atomic mass is 9.66.